The molecule has 0 N–H and O–H groups in total. The molecule has 0 unspecified atom stereocenters. The molecular weight excluding hydrogens is 242 g/mol. The lowest BCUT2D eigenvalue weighted by molar-refractivity contribution is 0.781. The summed E-state index contributed by atoms with van der Waals surface area (Å²) in [5.74, 6) is 0. The van der Waals surface area contributed by atoms with E-state index >= 15 is 0 Å². The van der Waals surface area contributed by atoms with E-state index in [2.05, 4.69) is 6.58 Å². The quantitative estimate of drug-likeness (QED) is 0.815. The molecule has 0 saturated carbocycles. The molecule has 19 heavy (non-hydrogen) atoms. The lowest BCUT2D eigenvalue weighted by Gasteiger charge is -2.15. The summed E-state index contributed by atoms with van der Waals surface area (Å²) >= 11 is 0. The van der Waals surface area contributed by atoms with E-state index in [-0.39, 0.29) is 11.2 Å². The Labute approximate surface area is 111 Å². The third-order valence-electron chi connectivity index (χ3n) is 3.15. The van der Waals surface area contributed by atoms with Crippen LogP contribution in [0.25, 0.3) is 16.6 Å². The van der Waals surface area contributed by atoms with Crippen LogP contribution in [0.5, 0.6) is 0 Å². The molecule has 0 radical (unpaired) electrons. The number of rotatable bonds is 2. The molecule has 0 aliphatic heterocycles. The van der Waals surface area contributed by atoms with E-state index < -0.39 is 0 Å². The van der Waals surface area contributed by atoms with Crippen LogP contribution in [0.15, 0.2) is 34.4 Å². The molecule has 1 aromatic heterocycles. The third-order valence-corrected chi connectivity index (χ3v) is 3.15. The number of benzene rings is 1. The average molecular weight is 259 g/mol. The van der Waals surface area contributed by atoms with Gasteiger partial charge in [0.25, 0.3) is 5.56 Å². The normalized spacial score (nSPS) is 10.7. The Morgan fingerprint density at radius 2 is 1.89 bits per heavy atom. The summed E-state index contributed by atoms with van der Waals surface area (Å²) in [5, 5.41) is 0.510. The van der Waals surface area contributed by atoms with Crippen molar-refractivity contribution in [2.45, 2.75) is 6.92 Å². The zero-order valence-electron chi connectivity index (χ0n) is 11.6. The maximum absolute atomic E-state index is 12.4. The Morgan fingerprint density at radius 1 is 1.26 bits per heavy atom. The summed E-state index contributed by atoms with van der Waals surface area (Å²) in [4.78, 5) is 26.4. The zero-order valence-corrected chi connectivity index (χ0v) is 11.6. The van der Waals surface area contributed by atoms with E-state index in [4.69, 9.17) is 0 Å². The van der Waals surface area contributed by atoms with Crippen LogP contribution in [0.4, 0.5) is 5.69 Å². The molecule has 2 rings (SSSR count). The van der Waals surface area contributed by atoms with Gasteiger partial charge < -0.3 is 4.90 Å². The molecule has 2 aromatic rings. The van der Waals surface area contributed by atoms with Crippen LogP contribution in [0.2, 0.25) is 0 Å². The molecule has 0 amide bonds. The number of aryl methyl sites for hydroxylation is 1. The number of fused-ring (bicyclic) bond motifs is 1. The second kappa shape index (κ2) is 4.42. The van der Waals surface area contributed by atoms with Crippen molar-refractivity contribution in [1.82, 2.24) is 9.13 Å². The number of hydrogen-bond donors (Lipinski definition) is 0. The van der Waals surface area contributed by atoms with Crippen molar-refractivity contribution in [3.05, 3.63) is 45.6 Å². The van der Waals surface area contributed by atoms with Crippen molar-refractivity contribution in [2.75, 3.05) is 19.0 Å². The SMILES string of the molecule is C=C(C)n1c(=O)c2cc(N(C)C)ccc2n(C)c1=O. The van der Waals surface area contributed by atoms with Crippen molar-refractivity contribution in [3.8, 4) is 0 Å². The molecule has 1 heterocycles. The summed E-state index contributed by atoms with van der Waals surface area (Å²) in [6, 6.07) is 5.46. The van der Waals surface area contributed by atoms with Gasteiger partial charge in [-0.1, -0.05) is 6.58 Å². The van der Waals surface area contributed by atoms with E-state index in [1.807, 2.05) is 25.1 Å². The fourth-order valence-electron chi connectivity index (χ4n) is 2.06. The first kappa shape index (κ1) is 13.1. The topological polar surface area (TPSA) is 47.2 Å². The van der Waals surface area contributed by atoms with E-state index in [1.165, 1.54) is 4.57 Å². The summed E-state index contributed by atoms with van der Waals surface area (Å²) in [7, 11) is 5.46. The van der Waals surface area contributed by atoms with Gasteiger partial charge in [0.1, 0.15) is 0 Å². The van der Waals surface area contributed by atoms with Crippen LogP contribution in [-0.2, 0) is 7.05 Å². The van der Waals surface area contributed by atoms with Crippen molar-refractivity contribution in [3.63, 3.8) is 0 Å². The molecule has 0 spiro atoms. The highest BCUT2D eigenvalue weighted by atomic mass is 16.2. The van der Waals surface area contributed by atoms with Gasteiger partial charge in [0.2, 0.25) is 0 Å². The Bertz CT molecular complexity index is 782. The highest BCUT2D eigenvalue weighted by Crippen LogP contribution is 2.17. The van der Waals surface area contributed by atoms with Gasteiger partial charge in [0.15, 0.2) is 0 Å². The van der Waals surface area contributed by atoms with Crippen LogP contribution in [0.1, 0.15) is 6.92 Å². The van der Waals surface area contributed by atoms with Gasteiger partial charge in [-0.3, -0.25) is 9.36 Å². The lowest BCUT2D eigenvalue weighted by Crippen LogP contribution is -2.37. The van der Waals surface area contributed by atoms with Gasteiger partial charge >= 0.3 is 5.69 Å². The van der Waals surface area contributed by atoms with Crippen molar-refractivity contribution < 1.29 is 0 Å². The molecule has 0 aliphatic carbocycles. The summed E-state index contributed by atoms with van der Waals surface area (Å²) < 4.78 is 2.56. The van der Waals surface area contributed by atoms with Gasteiger partial charge in [-0.15, -0.1) is 0 Å². The molecular formula is C14H17N3O2. The van der Waals surface area contributed by atoms with E-state index in [0.717, 1.165) is 10.3 Å². The van der Waals surface area contributed by atoms with Gasteiger partial charge in [0, 0.05) is 32.5 Å². The van der Waals surface area contributed by atoms with Crippen molar-refractivity contribution >= 4 is 22.3 Å². The molecule has 100 valence electrons. The first-order valence-electron chi connectivity index (χ1n) is 5.93. The zero-order chi connectivity index (χ0) is 14.3. The maximum Gasteiger partial charge on any atom is 0.335 e. The number of aromatic nitrogens is 2. The Morgan fingerprint density at radius 3 is 2.42 bits per heavy atom. The van der Waals surface area contributed by atoms with Gasteiger partial charge in [-0.2, -0.15) is 0 Å². The molecule has 0 aliphatic rings. The minimum absolute atomic E-state index is 0.325. The smallest absolute Gasteiger partial charge is 0.335 e. The first-order chi connectivity index (χ1) is 8.84. The Hall–Kier alpha value is -2.30. The van der Waals surface area contributed by atoms with Crippen molar-refractivity contribution in [1.29, 1.82) is 0 Å². The van der Waals surface area contributed by atoms with Gasteiger partial charge in [0.05, 0.1) is 10.9 Å². The second-order valence-electron chi connectivity index (χ2n) is 4.81. The van der Waals surface area contributed by atoms with Crippen LogP contribution >= 0.6 is 0 Å². The number of hydrogen-bond acceptors (Lipinski definition) is 3. The Kier molecular flexibility index (Phi) is 3.06. The minimum Gasteiger partial charge on any atom is -0.378 e. The minimum atomic E-state index is -0.373. The molecule has 1 aromatic carbocycles. The van der Waals surface area contributed by atoms with Crippen LogP contribution < -0.4 is 16.1 Å². The largest absolute Gasteiger partial charge is 0.378 e. The first-order valence-corrected chi connectivity index (χ1v) is 5.93. The monoisotopic (exact) mass is 259 g/mol. The molecule has 0 bridgehead atoms. The number of anilines is 1. The standard InChI is InChI=1S/C14H17N3O2/c1-9(2)17-13(18)11-8-10(15(3)4)6-7-12(11)16(5)14(17)19/h6-8H,1H2,2-5H3. The number of allylic oxidation sites excluding steroid dienone is 1. The second-order valence-corrected chi connectivity index (χ2v) is 4.81. The molecule has 5 heteroatoms. The summed E-state index contributed by atoms with van der Waals surface area (Å²) in [6.07, 6.45) is 0. The number of nitrogens with zero attached hydrogens (tertiary/aromatic N) is 3. The molecule has 5 nitrogen and oxygen atoms in total. The van der Waals surface area contributed by atoms with E-state index in [1.54, 1.807) is 26.1 Å². The average Bonchev–Trinajstić information content (AvgIpc) is 2.35. The highest BCUT2D eigenvalue weighted by molar-refractivity contribution is 5.82. The van der Waals surface area contributed by atoms with Gasteiger partial charge in [-0.25, -0.2) is 9.36 Å². The maximum atomic E-state index is 12.4. The highest BCUT2D eigenvalue weighted by Gasteiger charge is 2.12. The van der Waals surface area contributed by atoms with Crippen LogP contribution in [-0.4, -0.2) is 23.2 Å². The lowest BCUT2D eigenvalue weighted by atomic mass is 10.2. The van der Waals surface area contributed by atoms with E-state index in [9.17, 15) is 9.59 Å². The van der Waals surface area contributed by atoms with Crippen LogP contribution in [0, 0.1) is 0 Å². The van der Waals surface area contributed by atoms with E-state index in [0.29, 0.717) is 16.6 Å². The fraction of sp³-hybridized carbons (Fsp3) is 0.286. The molecule has 0 fully saturated rings. The summed E-state index contributed by atoms with van der Waals surface area (Å²) in [5.41, 5.74) is 1.26. The van der Waals surface area contributed by atoms with Gasteiger partial charge in [-0.05, 0) is 25.1 Å². The van der Waals surface area contributed by atoms with Crippen LogP contribution in [0.3, 0.4) is 0 Å². The molecule has 0 atom stereocenters. The van der Waals surface area contributed by atoms with Crippen molar-refractivity contribution in [2.24, 2.45) is 7.05 Å². The Balaban J connectivity index is 3.00. The predicted octanol–water partition coefficient (Wildman–Crippen LogP) is 1.26. The molecule has 0 saturated heterocycles. The summed E-state index contributed by atoms with van der Waals surface area (Å²) in [6.45, 7) is 5.33. The third kappa shape index (κ3) is 1.97. The predicted molar refractivity (Wildman–Crippen MR) is 78.8 cm³/mol. The fourth-order valence-corrected chi connectivity index (χ4v) is 2.06.